The molecule has 3 aliphatic heterocycles. The number of ether oxygens (including phenoxy) is 9. The topological polar surface area (TPSA) is 167 Å². The summed E-state index contributed by atoms with van der Waals surface area (Å²) in [5.74, 6) is -2.78. The minimum Gasteiger partial charge on any atom is -0.457 e. The number of hydrogen-bond donors (Lipinski definition) is 1. The molecule has 0 unspecified atom stereocenters. The zero-order valence-electron chi connectivity index (χ0n) is 35.3. The quantitative estimate of drug-likeness (QED) is 0.0540. The van der Waals surface area contributed by atoms with Crippen molar-refractivity contribution >= 4 is 66.9 Å². The zero-order chi connectivity index (χ0) is 44.2. The van der Waals surface area contributed by atoms with Gasteiger partial charge in [-0.2, -0.15) is 0 Å². The number of rotatable bonds is 12. The summed E-state index contributed by atoms with van der Waals surface area (Å²) >= 11 is 17.9. The molecule has 3 heterocycles. The monoisotopic (exact) mass is 915 g/mol. The van der Waals surface area contributed by atoms with Crippen molar-refractivity contribution in [1.29, 1.82) is 5.41 Å². The number of esters is 3. The average molecular weight is 917 g/mol. The fourth-order valence-corrected chi connectivity index (χ4v) is 8.40. The molecule has 18 heteroatoms. The first-order valence-corrected chi connectivity index (χ1v) is 24.0. The maximum Gasteiger partial charge on any atom is 0.338 e. The smallest absolute Gasteiger partial charge is 0.338 e. The zero-order valence-corrected chi connectivity index (χ0v) is 38.5. The van der Waals surface area contributed by atoms with Gasteiger partial charge in [0.05, 0.1) is 41.6 Å². The molecule has 0 saturated carbocycles. The Bertz CT molecular complexity index is 1780. The summed E-state index contributed by atoms with van der Waals surface area (Å²) < 4.78 is 59.8. The third-order valence-corrected chi connectivity index (χ3v) is 16.1. The number of halogens is 3. The highest BCUT2D eigenvalue weighted by molar-refractivity contribution is 6.76. The number of carbonyl (C=O) groups is 3. The van der Waals surface area contributed by atoms with Crippen molar-refractivity contribution in [3.8, 4) is 0 Å². The van der Waals surface area contributed by atoms with E-state index in [4.69, 9.17) is 87.3 Å². The molecule has 0 aromatic heterocycles. The summed E-state index contributed by atoms with van der Waals surface area (Å²) in [4.78, 5) is 39.3. The third kappa shape index (κ3) is 12.4. The number of benzene rings is 2. The van der Waals surface area contributed by atoms with Crippen molar-refractivity contribution in [3.05, 3.63) is 71.8 Å². The van der Waals surface area contributed by atoms with Gasteiger partial charge in [-0.25, -0.2) is 9.59 Å². The summed E-state index contributed by atoms with van der Waals surface area (Å²) in [6, 6.07) is 16.4. The van der Waals surface area contributed by atoms with Gasteiger partial charge in [-0.3, -0.25) is 10.2 Å². The van der Waals surface area contributed by atoms with Crippen molar-refractivity contribution in [2.24, 2.45) is 0 Å². The van der Waals surface area contributed by atoms with E-state index in [1.165, 1.54) is 6.92 Å². The van der Waals surface area contributed by atoms with Crippen LogP contribution in [0, 0.1) is 5.41 Å². The van der Waals surface area contributed by atoms with E-state index in [1.54, 1.807) is 67.6 Å². The Hall–Kier alpha value is -2.83. The van der Waals surface area contributed by atoms with E-state index in [2.05, 4.69) is 33.9 Å². The molecule has 332 valence electrons. The Balaban J connectivity index is 1.35. The molecule has 3 fully saturated rings. The molecule has 2 aromatic rings. The van der Waals surface area contributed by atoms with Gasteiger partial charge < -0.3 is 47.1 Å². The minimum atomic E-state index is -2.29. The molecule has 0 bridgehead atoms. The van der Waals surface area contributed by atoms with E-state index in [0.717, 1.165) is 0 Å². The number of hydrogen-bond acceptors (Lipinski definition) is 14. The number of alkyl halides is 3. The van der Waals surface area contributed by atoms with Crippen LogP contribution in [0.3, 0.4) is 0 Å². The van der Waals surface area contributed by atoms with E-state index in [1.807, 2.05) is 13.8 Å². The maximum absolute atomic E-state index is 13.7. The molecule has 3 aliphatic rings. The van der Waals surface area contributed by atoms with E-state index in [0.29, 0.717) is 19.3 Å². The lowest BCUT2D eigenvalue weighted by Crippen LogP contribution is -2.62. The largest absolute Gasteiger partial charge is 0.457 e. The first-order chi connectivity index (χ1) is 28.0. The van der Waals surface area contributed by atoms with Gasteiger partial charge in [0.25, 0.3) is 3.79 Å². The normalized spacial score (nSPS) is 31.4. The first-order valence-electron chi connectivity index (χ1n) is 20.0. The van der Waals surface area contributed by atoms with Gasteiger partial charge >= 0.3 is 17.9 Å². The van der Waals surface area contributed by atoms with Crippen molar-refractivity contribution in [2.45, 2.75) is 163 Å². The maximum atomic E-state index is 13.7. The van der Waals surface area contributed by atoms with Gasteiger partial charge in [0.15, 0.2) is 33.1 Å². The molecule has 12 atom stereocenters. The van der Waals surface area contributed by atoms with Crippen LogP contribution in [0.4, 0.5) is 0 Å². The van der Waals surface area contributed by atoms with Gasteiger partial charge in [0.1, 0.15) is 6.10 Å². The second-order valence-corrected chi connectivity index (χ2v) is 23.8. The van der Waals surface area contributed by atoms with Crippen LogP contribution in [0.15, 0.2) is 60.7 Å². The van der Waals surface area contributed by atoms with Crippen LogP contribution in [0.25, 0.3) is 0 Å². The summed E-state index contributed by atoms with van der Waals surface area (Å²) in [6.45, 7) is 17.4. The van der Waals surface area contributed by atoms with Gasteiger partial charge in [0.2, 0.25) is 18.3 Å². The molecule has 1 N–H and O–H groups in total. The standard InChI is InChI=1S/C42H56Cl3NO13Si/c1-23-29(54-32-22-30(59-60(8,9)41(5,6)7)33(24(2)51-32)53-26(4)47)20-21-31(50-23)55-34-25(3)52-39(58-40(46)42(43,44)45)36(57-38(49)28-18-14-11-15-19-28)35(34)56-37(48)27-16-12-10-13-17-27/h10-19,23-25,29-36,39,46H,20-22H2,1-9H3/t23-,24+,25-,29-,30+,31-,32-,33+,34-,35+,36+,39+/m0/s1. The third-order valence-electron chi connectivity index (χ3n) is 11.1. The molecule has 3 saturated heterocycles. The number of carbonyl (C=O) groups excluding carboxylic acids is 3. The summed E-state index contributed by atoms with van der Waals surface area (Å²) in [7, 11) is -2.28. The molecule has 0 aliphatic carbocycles. The summed E-state index contributed by atoms with van der Waals surface area (Å²) in [5, 5.41) is 8.20. The Morgan fingerprint density at radius 2 is 1.20 bits per heavy atom. The Morgan fingerprint density at radius 1 is 0.667 bits per heavy atom. The van der Waals surface area contributed by atoms with Gasteiger partial charge in [-0.05, 0) is 69.6 Å². The Morgan fingerprint density at radius 3 is 1.72 bits per heavy atom. The van der Waals surface area contributed by atoms with Crippen LogP contribution >= 0.6 is 34.8 Å². The molecule has 5 rings (SSSR count). The van der Waals surface area contributed by atoms with Crippen LogP contribution in [0.2, 0.25) is 18.1 Å². The lowest BCUT2D eigenvalue weighted by molar-refractivity contribution is -0.328. The summed E-state index contributed by atoms with van der Waals surface area (Å²) in [6.07, 6.45) is -9.34. The Labute approximate surface area is 367 Å². The van der Waals surface area contributed by atoms with Crippen molar-refractivity contribution in [3.63, 3.8) is 0 Å². The van der Waals surface area contributed by atoms with Gasteiger partial charge in [-0.15, -0.1) is 0 Å². The highest BCUT2D eigenvalue weighted by Crippen LogP contribution is 2.41. The van der Waals surface area contributed by atoms with Crippen LogP contribution in [0.5, 0.6) is 0 Å². The lowest BCUT2D eigenvalue weighted by Gasteiger charge is -2.47. The predicted molar refractivity (Wildman–Crippen MR) is 225 cm³/mol. The predicted octanol–water partition coefficient (Wildman–Crippen LogP) is 8.30. The summed E-state index contributed by atoms with van der Waals surface area (Å²) in [5.41, 5.74) is 0.400. The average Bonchev–Trinajstić information content (AvgIpc) is 3.16. The fraction of sp³-hybridized carbons (Fsp3) is 0.619. The SMILES string of the molecule is CC(=O)O[C@@H]1[C@@H](C)O[C@@H](O[C@H]2CC[C@H](O[C@@H]3[C@@H](OC(=O)c4ccccc4)[C@@H](OC(=O)c4ccccc4)[C@@H](OC(=N)C(Cl)(Cl)Cl)O[C@H]3C)O[C@H]2C)C[C@H]1O[Si](C)(C)C(C)(C)C. The molecular weight excluding hydrogens is 861 g/mol. The molecule has 2 aromatic carbocycles. The van der Waals surface area contributed by atoms with Gasteiger partial charge in [-0.1, -0.05) is 92.0 Å². The Kier molecular flexibility index (Phi) is 16.2. The second kappa shape index (κ2) is 20.1. The van der Waals surface area contributed by atoms with Crippen molar-refractivity contribution < 1.29 is 61.4 Å². The van der Waals surface area contributed by atoms with Crippen LogP contribution in [0.1, 0.15) is 88.4 Å². The van der Waals surface area contributed by atoms with E-state index >= 15 is 0 Å². The minimum absolute atomic E-state index is 0.0862. The van der Waals surface area contributed by atoms with Crippen LogP contribution in [-0.4, -0.2) is 110 Å². The highest BCUT2D eigenvalue weighted by atomic mass is 35.6. The molecule has 14 nitrogen and oxygen atoms in total. The highest BCUT2D eigenvalue weighted by Gasteiger charge is 2.54. The first kappa shape index (κ1) is 48.2. The van der Waals surface area contributed by atoms with E-state index in [-0.39, 0.29) is 16.2 Å². The van der Waals surface area contributed by atoms with Crippen molar-refractivity contribution in [1.82, 2.24) is 0 Å². The van der Waals surface area contributed by atoms with E-state index in [9.17, 15) is 14.4 Å². The molecule has 0 spiro atoms. The molecular formula is C42H56Cl3NO13Si. The van der Waals surface area contributed by atoms with Gasteiger partial charge in [0, 0.05) is 19.8 Å². The van der Waals surface area contributed by atoms with Crippen molar-refractivity contribution in [2.75, 3.05) is 0 Å². The molecule has 0 amide bonds. The van der Waals surface area contributed by atoms with Crippen LogP contribution < -0.4 is 0 Å². The fourth-order valence-electron chi connectivity index (χ4n) is 6.93. The van der Waals surface area contributed by atoms with Crippen LogP contribution in [-0.2, 0) is 51.9 Å². The second-order valence-electron chi connectivity index (χ2n) is 16.7. The van der Waals surface area contributed by atoms with E-state index < -0.39 is 110 Å². The number of nitrogens with one attached hydrogen (secondary N) is 1. The lowest BCUT2D eigenvalue weighted by atomic mass is 9.98. The molecule has 60 heavy (non-hydrogen) atoms. The molecule has 0 radical (unpaired) electrons.